The normalized spacial score (nSPS) is 14.0. The van der Waals surface area contributed by atoms with E-state index in [1.807, 2.05) is 0 Å². The zero-order valence-corrected chi connectivity index (χ0v) is 24.6. The molecular weight excluding hydrogens is 600 g/mol. The summed E-state index contributed by atoms with van der Waals surface area (Å²) >= 11 is 0. The van der Waals surface area contributed by atoms with Gasteiger partial charge in [-0.25, -0.2) is 0 Å². The monoisotopic (exact) mass is 630 g/mol. The lowest BCUT2D eigenvalue weighted by Crippen LogP contribution is -2.24. The van der Waals surface area contributed by atoms with E-state index < -0.39 is 0 Å². The highest BCUT2D eigenvalue weighted by Crippen LogP contribution is 2.28. The molecule has 0 unspecified atom stereocenters. The highest BCUT2D eigenvalue weighted by molar-refractivity contribution is 8.93. The Balaban J connectivity index is 0.00000168. The number of hydrogen-bond donors (Lipinski definition) is 0. The van der Waals surface area contributed by atoms with E-state index in [1.165, 1.54) is 33.6 Å². The van der Waals surface area contributed by atoms with Crippen LogP contribution in [0.1, 0.15) is 11.1 Å². The third kappa shape index (κ3) is 6.50. The first-order chi connectivity index (χ1) is 17.8. The van der Waals surface area contributed by atoms with Gasteiger partial charge in [-0.05, 0) is 46.5 Å². The molecule has 4 aromatic rings. The molecule has 6 rings (SSSR count). The van der Waals surface area contributed by atoms with E-state index in [0.29, 0.717) is 0 Å². The lowest BCUT2D eigenvalue weighted by molar-refractivity contribution is 0.400. The van der Waals surface area contributed by atoms with E-state index in [-0.39, 0.29) is 34.0 Å². The number of hydrogen-bond acceptors (Lipinski definition) is 4. The topological polar surface area (TPSA) is 13.0 Å². The van der Waals surface area contributed by atoms with Crippen LogP contribution < -0.4 is 9.80 Å². The fourth-order valence-electron chi connectivity index (χ4n) is 4.80. The van der Waals surface area contributed by atoms with E-state index in [1.54, 1.807) is 0 Å². The summed E-state index contributed by atoms with van der Waals surface area (Å²) in [4.78, 5) is 9.24. The zero-order valence-electron chi connectivity index (χ0n) is 21.1. The van der Waals surface area contributed by atoms with Crippen molar-refractivity contribution in [1.82, 2.24) is 9.80 Å². The summed E-state index contributed by atoms with van der Waals surface area (Å²) in [7, 11) is 0. The second-order valence-corrected chi connectivity index (χ2v) is 9.38. The van der Waals surface area contributed by atoms with Gasteiger partial charge in [0.05, 0.1) is 13.3 Å². The van der Waals surface area contributed by atoms with Crippen LogP contribution >= 0.6 is 34.0 Å². The maximum Gasteiger partial charge on any atom is 0.0945 e. The summed E-state index contributed by atoms with van der Waals surface area (Å²) in [5, 5.41) is 0. The van der Waals surface area contributed by atoms with Crippen LogP contribution in [0, 0.1) is 0 Å². The molecule has 0 N–H and O–H groups in total. The highest BCUT2D eigenvalue weighted by atomic mass is 79.9. The van der Waals surface area contributed by atoms with Crippen molar-refractivity contribution in [2.45, 2.75) is 13.1 Å². The zero-order chi connectivity index (χ0) is 24.2. The first-order valence-corrected chi connectivity index (χ1v) is 12.5. The molecule has 0 amide bonds. The van der Waals surface area contributed by atoms with Gasteiger partial charge in [0.25, 0.3) is 0 Å². The average molecular weight is 632 g/mol. The van der Waals surface area contributed by atoms with Crippen molar-refractivity contribution in [3.05, 3.63) is 145 Å². The SMILES string of the molecule is Br.Br.C1=CN(c2ccc(-c3ccc(N4C=CN(Cc5ccccc5)C4)cc3)cc2)CN1Cc1ccccc1. The van der Waals surface area contributed by atoms with E-state index in [0.717, 1.165) is 26.4 Å². The highest BCUT2D eigenvalue weighted by Gasteiger charge is 2.16. The molecule has 0 spiro atoms. The molecule has 6 heteroatoms. The largest absolute Gasteiger partial charge is 0.354 e. The summed E-state index contributed by atoms with van der Waals surface area (Å²) in [6.45, 7) is 3.59. The van der Waals surface area contributed by atoms with Crippen LogP contribution in [0.5, 0.6) is 0 Å². The van der Waals surface area contributed by atoms with Crippen molar-refractivity contribution in [1.29, 1.82) is 0 Å². The minimum Gasteiger partial charge on any atom is -0.354 e. The lowest BCUT2D eigenvalue weighted by Gasteiger charge is -2.22. The molecule has 2 aliphatic rings. The van der Waals surface area contributed by atoms with Crippen LogP contribution in [0.2, 0.25) is 0 Å². The summed E-state index contributed by atoms with van der Waals surface area (Å²) in [6, 6.07) is 39.0. The van der Waals surface area contributed by atoms with Gasteiger partial charge in [-0.15, -0.1) is 34.0 Å². The van der Waals surface area contributed by atoms with Gasteiger partial charge in [0, 0.05) is 49.3 Å². The van der Waals surface area contributed by atoms with Crippen LogP contribution in [0.3, 0.4) is 0 Å². The van der Waals surface area contributed by atoms with Gasteiger partial charge in [0.2, 0.25) is 0 Å². The molecular formula is C32H32Br2N4. The lowest BCUT2D eigenvalue weighted by atomic mass is 10.0. The molecule has 38 heavy (non-hydrogen) atoms. The van der Waals surface area contributed by atoms with Crippen molar-refractivity contribution in [3.63, 3.8) is 0 Å². The van der Waals surface area contributed by atoms with Gasteiger partial charge in [0.1, 0.15) is 0 Å². The van der Waals surface area contributed by atoms with Gasteiger partial charge in [-0.2, -0.15) is 0 Å². The molecule has 0 fully saturated rings. The predicted octanol–water partition coefficient (Wildman–Crippen LogP) is 8.01. The smallest absolute Gasteiger partial charge is 0.0945 e. The number of nitrogens with zero attached hydrogens (tertiary/aromatic N) is 4. The number of benzene rings is 4. The third-order valence-electron chi connectivity index (χ3n) is 6.77. The quantitative estimate of drug-likeness (QED) is 0.205. The summed E-state index contributed by atoms with van der Waals surface area (Å²) < 4.78 is 0. The fourth-order valence-corrected chi connectivity index (χ4v) is 4.80. The molecule has 0 saturated carbocycles. The Morgan fingerprint density at radius 1 is 0.421 bits per heavy atom. The molecule has 0 atom stereocenters. The Labute approximate surface area is 246 Å². The average Bonchev–Trinajstić information content (AvgIpc) is 3.60. The van der Waals surface area contributed by atoms with Crippen molar-refractivity contribution < 1.29 is 0 Å². The summed E-state index contributed by atoms with van der Waals surface area (Å²) in [6.07, 6.45) is 8.68. The molecule has 194 valence electrons. The molecule has 0 radical (unpaired) electrons. The molecule has 2 heterocycles. The van der Waals surface area contributed by atoms with Crippen LogP contribution in [0.4, 0.5) is 11.4 Å². The molecule has 0 bridgehead atoms. The van der Waals surface area contributed by atoms with Crippen molar-refractivity contribution in [3.8, 4) is 11.1 Å². The van der Waals surface area contributed by atoms with E-state index in [2.05, 4.69) is 154 Å². The van der Waals surface area contributed by atoms with Crippen LogP contribution in [-0.2, 0) is 13.1 Å². The molecule has 4 nitrogen and oxygen atoms in total. The van der Waals surface area contributed by atoms with Gasteiger partial charge in [-0.1, -0.05) is 84.9 Å². The molecule has 4 aromatic carbocycles. The Morgan fingerprint density at radius 3 is 1.16 bits per heavy atom. The second kappa shape index (κ2) is 12.9. The third-order valence-corrected chi connectivity index (χ3v) is 6.77. The Kier molecular flexibility index (Phi) is 9.32. The van der Waals surface area contributed by atoms with Crippen LogP contribution in [0.25, 0.3) is 11.1 Å². The second-order valence-electron chi connectivity index (χ2n) is 9.38. The fraction of sp³-hybridized carbons (Fsp3) is 0.125. The number of anilines is 2. The Bertz CT molecular complexity index is 1230. The van der Waals surface area contributed by atoms with E-state index >= 15 is 0 Å². The Hall–Kier alpha value is -3.48. The number of halogens is 2. The molecule has 0 saturated heterocycles. The van der Waals surface area contributed by atoms with Crippen LogP contribution in [0.15, 0.2) is 134 Å². The van der Waals surface area contributed by atoms with Gasteiger partial charge in [-0.3, -0.25) is 0 Å². The number of rotatable bonds is 7. The van der Waals surface area contributed by atoms with Crippen molar-refractivity contribution in [2.75, 3.05) is 23.1 Å². The first kappa shape index (κ1) is 27.6. The van der Waals surface area contributed by atoms with Gasteiger partial charge >= 0.3 is 0 Å². The van der Waals surface area contributed by atoms with E-state index in [4.69, 9.17) is 0 Å². The van der Waals surface area contributed by atoms with Crippen molar-refractivity contribution in [2.24, 2.45) is 0 Å². The Morgan fingerprint density at radius 2 is 0.789 bits per heavy atom. The minimum atomic E-state index is 0. The predicted molar refractivity (Wildman–Crippen MR) is 169 cm³/mol. The van der Waals surface area contributed by atoms with E-state index in [9.17, 15) is 0 Å². The molecule has 0 aromatic heterocycles. The summed E-state index contributed by atoms with van der Waals surface area (Å²) in [5.41, 5.74) is 7.55. The molecule has 0 aliphatic carbocycles. The van der Waals surface area contributed by atoms with Gasteiger partial charge < -0.3 is 19.6 Å². The standard InChI is InChI=1S/C32H30N4.2BrH/c1-3-7-27(8-4-1)23-33-19-21-35(25-33)31-15-11-29(12-16-31)30-13-17-32(18-14-30)36-22-20-34(26-36)24-28-9-5-2-6-10-28;;/h1-22H,23-26H2;2*1H. The van der Waals surface area contributed by atoms with Gasteiger partial charge in [0.15, 0.2) is 0 Å². The first-order valence-electron chi connectivity index (χ1n) is 12.5. The van der Waals surface area contributed by atoms with Crippen LogP contribution in [-0.4, -0.2) is 23.1 Å². The summed E-state index contributed by atoms with van der Waals surface area (Å²) in [5.74, 6) is 0. The maximum atomic E-state index is 2.33. The maximum absolute atomic E-state index is 2.33. The molecule has 2 aliphatic heterocycles. The minimum absolute atomic E-state index is 0. The van der Waals surface area contributed by atoms with Crippen molar-refractivity contribution >= 4 is 45.3 Å².